The summed E-state index contributed by atoms with van der Waals surface area (Å²) in [5.74, 6) is -0.645. The van der Waals surface area contributed by atoms with Gasteiger partial charge in [-0.3, -0.25) is 9.59 Å². The largest absolute Gasteiger partial charge is 0.458 e. The van der Waals surface area contributed by atoms with Crippen molar-refractivity contribution in [3.8, 4) is 0 Å². The van der Waals surface area contributed by atoms with Crippen LogP contribution in [0.15, 0.2) is 85.1 Å². The maximum Gasteiger partial charge on any atom is 0.306 e. The van der Waals surface area contributed by atoms with Crippen LogP contribution in [0.25, 0.3) is 0 Å². The molecule has 350 valence electrons. The highest BCUT2D eigenvalue weighted by atomic mass is 16.5. The highest BCUT2D eigenvalue weighted by molar-refractivity contribution is 5.78. The van der Waals surface area contributed by atoms with Gasteiger partial charge < -0.3 is 20.3 Å². The van der Waals surface area contributed by atoms with Gasteiger partial charge in [0, 0.05) is 6.42 Å². The van der Waals surface area contributed by atoms with Crippen LogP contribution >= 0.6 is 0 Å². The van der Waals surface area contributed by atoms with Crippen molar-refractivity contribution >= 4 is 11.9 Å². The minimum Gasteiger partial charge on any atom is -0.458 e. The minimum atomic E-state index is -0.824. The maximum absolute atomic E-state index is 13.2. The summed E-state index contributed by atoms with van der Waals surface area (Å²) in [5, 5.41) is 23.7. The molecule has 0 saturated heterocycles. The van der Waals surface area contributed by atoms with Gasteiger partial charge in [-0.15, -0.1) is 0 Å². The molecule has 1 amide bonds. The van der Waals surface area contributed by atoms with Crippen molar-refractivity contribution < 1.29 is 24.5 Å². The molecule has 0 spiro atoms. The number of aliphatic hydroxyl groups excluding tert-OH is 2. The van der Waals surface area contributed by atoms with E-state index in [-0.39, 0.29) is 24.9 Å². The van der Waals surface area contributed by atoms with Crippen LogP contribution in [-0.4, -0.2) is 46.9 Å². The highest BCUT2D eigenvalue weighted by Crippen LogP contribution is 2.16. The number of nitrogens with one attached hydrogen (secondary N) is 1. The van der Waals surface area contributed by atoms with Crippen LogP contribution in [0.5, 0.6) is 0 Å². The lowest BCUT2D eigenvalue weighted by Gasteiger charge is -2.23. The average Bonchev–Trinajstić information content (AvgIpc) is 3.25. The number of carbonyl (C=O) groups excluding carboxylic acids is 2. The topological polar surface area (TPSA) is 95.9 Å². The summed E-state index contributed by atoms with van der Waals surface area (Å²) in [4.78, 5) is 26.0. The zero-order valence-electron chi connectivity index (χ0n) is 39.8. The van der Waals surface area contributed by atoms with E-state index in [1.54, 1.807) is 6.08 Å². The molecule has 0 bridgehead atoms. The molecule has 3 atom stereocenters. The zero-order valence-corrected chi connectivity index (χ0v) is 39.8. The number of rotatable bonds is 44. The zero-order chi connectivity index (χ0) is 44.5. The first-order chi connectivity index (χ1) is 30.0. The van der Waals surface area contributed by atoms with E-state index in [0.29, 0.717) is 19.3 Å². The van der Waals surface area contributed by atoms with Crippen molar-refractivity contribution in [1.82, 2.24) is 5.32 Å². The Balaban J connectivity index is 4.77. The van der Waals surface area contributed by atoms with Crippen molar-refractivity contribution in [3.05, 3.63) is 85.1 Å². The molecule has 3 N–H and O–H groups in total. The number of amides is 1. The van der Waals surface area contributed by atoms with Crippen LogP contribution in [0.3, 0.4) is 0 Å². The normalized spacial score (nSPS) is 14.0. The van der Waals surface area contributed by atoms with E-state index in [2.05, 4.69) is 99.0 Å². The predicted molar refractivity (Wildman–Crippen MR) is 264 cm³/mol. The molecule has 6 nitrogen and oxygen atoms in total. The van der Waals surface area contributed by atoms with Gasteiger partial charge in [-0.2, -0.15) is 0 Å². The summed E-state index contributed by atoms with van der Waals surface area (Å²) in [5.41, 5.74) is 0. The third-order valence-corrected chi connectivity index (χ3v) is 11.0. The standard InChI is InChI=1S/C55H95NO5/c1-4-7-10-13-16-19-22-24-26-27-28-29-32-34-37-40-43-46-51(61-55(60)48-45-42-39-36-31-21-18-15-12-9-6-3)49-54(59)56-52(50-57)53(58)47-44-41-38-35-33-30-25-23-20-17-14-11-8-5-2/h7,10,15-16,18-19,24,26,28-29,34,37,43,46,51-53,57-58H,4-6,8-9,11-14,17,20-23,25,27,30-33,35-36,38-42,44-45,47-50H2,1-3H3,(H,56,59)/b10-7-,18-15-,19-16-,26-24-,29-28-,37-34-,46-43-. The quantitative estimate of drug-likeness (QED) is 0.0322. The number of ether oxygens (including phenoxy) is 1. The van der Waals surface area contributed by atoms with Gasteiger partial charge >= 0.3 is 5.97 Å². The molecule has 0 saturated carbocycles. The number of allylic oxidation sites excluding steroid dienone is 13. The average molecular weight is 850 g/mol. The fraction of sp³-hybridized carbons (Fsp3) is 0.709. The molecule has 0 radical (unpaired) electrons. The lowest BCUT2D eigenvalue weighted by Crippen LogP contribution is -2.46. The van der Waals surface area contributed by atoms with Gasteiger partial charge in [0.05, 0.1) is 25.2 Å². The number of hydrogen-bond donors (Lipinski definition) is 3. The maximum atomic E-state index is 13.2. The first-order valence-corrected chi connectivity index (χ1v) is 25.3. The van der Waals surface area contributed by atoms with Crippen LogP contribution < -0.4 is 5.32 Å². The molecular weight excluding hydrogens is 755 g/mol. The molecular formula is C55H95NO5. The van der Waals surface area contributed by atoms with Crippen molar-refractivity contribution in [2.45, 2.75) is 244 Å². The molecule has 0 aromatic rings. The summed E-state index contributed by atoms with van der Waals surface area (Å²) in [7, 11) is 0. The first kappa shape index (κ1) is 58.0. The van der Waals surface area contributed by atoms with Crippen LogP contribution in [0.4, 0.5) is 0 Å². The second kappa shape index (κ2) is 48.1. The van der Waals surface area contributed by atoms with Crippen molar-refractivity contribution in [3.63, 3.8) is 0 Å². The van der Waals surface area contributed by atoms with Gasteiger partial charge in [-0.1, -0.05) is 222 Å². The van der Waals surface area contributed by atoms with Gasteiger partial charge in [0.1, 0.15) is 6.10 Å². The smallest absolute Gasteiger partial charge is 0.306 e. The fourth-order valence-electron chi connectivity index (χ4n) is 7.11. The summed E-state index contributed by atoms with van der Waals surface area (Å²) < 4.78 is 5.80. The number of aliphatic hydroxyl groups is 2. The molecule has 0 fully saturated rings. The summed E-state index contributed by atoms with van der Waals surface area (Å²) in [6, 6.07) is -0.747. The van der Waals surface area contributed by atoms with Crippen molar-refractivity contribution in [1.29, 1.82) is 0 Å². The predicted octanol–water partition coefficient (Wildman–Crippen LogP) is 15.2. The van der Waals surface area contributed by atoms with Crippen molar-refractivity contribution in [2.75, 3.05) is 6.61 Å². The Bertz CT molecular complexity index is 1180. The Labute approximate surface area is 376 Å². The molecule has 6 heteroatoms. The lowest BCUT2D eigenvalue weighted by molar-refractivity contribution is -0.148. The van der Waals surface area contributed by atoms with E-state index in [9.17, 15) is 19.8 Å². The fourth-order valence-corrected chi connectivity index (χ4v) is 7.11. The molecule has 3 unspecified atom stereocenters. The number of unbranched alkanes of at least 4 members (excludes halogenated alkanes) is 20. The van der Waals surface area contributed by atoms with E-state index in [4.69, 9.17) is 4.74 Å². The molecule has 0 aromatic heterocycles. The first-order valence-electron chi connectivity index (χ1n) is 25.3. The molecule has 61 heavy (non-hydrogen) atoms. The van der Waals surface area contributed by atoms with Crippen LogP contribution in [0, 0.1) is 0 Å². The van der Waals surface area contributed by atoms with Crippen molar-refractivity contribution in [2.24, 2.45) is 0 Å². The van der Waals surface area contributed by atoms with E-state index in [1.807, 2.05) is 6.08 Å². The van der Waals surface area contributed by atoms with Crippen LogP contribution in [0.1, 0.15) is 226 Å². The highest BCUT2D eigenvalue weighted by Gasteiger charge is 2.23. The summed E-state index contributed by atoms with van der Waals surface area (Å²) >= 11 is 0. The van der Waals surface area contributed by atoms with E-state index in [0.717, 1.165) is 83.5 Å². The van der Waals surface area contributed by atoms with Gasteiger partial charge in [0.15, 0.2) is 0 Å². The third kappa shape index (κ3) is 43.5. The van der Waals surface area contributed by atoms with Gasteiger partial charge in [0.2, 0.25) is 5.91 Å². The third-order valence-electron chi connectivity index (χ3n) is 11.0. The van der Waals surface area contributed by atoms with Crippen LogP contribution in [-0.2, 0) is 14.3 Å². The van der Waals surface area contributed by atoms with E-state index >= 15 is 0 Å². The van der Waals surface area contributed by atoms with Gasteiger partial charge in [0.25, 0.3) is 0 Å². The second-order valence-electron chi connectivity index (χ2n) is 16.8. The molecule has 0 rings (SSSR count). The molecule has 0 aliphatic rings. The Morgan fingerprint density at radius 1 is 0.508 bits per heavy atom. The van der Waals surface area contributed by atoms with Crippen LogP contribution in [0.2, 0.25) is 0 Å². The van der Waals surface area contributed by atoms with Gasteiger partial charge in [-0.25, -0.2) is 0 Å². The molecule has 0 heterocycles. The molecule has 0 aliphatic heterocycles. The number of esters is 1. The number of hydrogen-bond acceptors (Lipinski definition) is 5. The SMILES string of the molecule is CC/C=C\C/C=C\C/C=C\C/C=C\C/C=C\C/C=C\C(CC(=O)NC(CO)C(O)CCCCCCCCCCCCCCCC)OC(=O)CCCCCCC/C=C\CCCC. The number of carbonyl (C=O) groups is 2. The van der Waals surface area contributed by atoms with E-state index in [1.165, 1.54) is 96.3 Å². The Kier molecular flexibility index (Phi) is 45.7. The summed E-state index contributed by atoms with van der Waals surface area (Å²) in [6.45, 7) is 6.29. The second-order valence-corrected chi connectivity index (χ2v) is 16.8. The Hall–Kier alpha value is -2.96. The Morgan fingerprint density at radius 3 is 1.43 bits per heavy atom. The lowest BCUT2D eigenvalue weighted by atomic mass is 10.0. The summed E-state index contributed by atoms with van der Waals surface area (Å²) in [6.07, 6.45) is 62.4. The monoisotopic (exact) mass is 850 g/mol. The molecule has 0 aromatic carbocycles. The minimum absolute atomic E-state index is 0.0538. The molecule has 0 aliphatic carbocycles. The van der Waals surface area contributed by atoms with Gasteiger partial charge in [-0.05, 0) is 76.7 Å². The van der Waals surface area contributed by atoms with E-state index < -0.39 is 18.2 Å². The Morgan fingerprint density at radius 2 is 0.934 bits per heavy atom.